The number of halogens is 1. The molecule has 1 saturated heterocycles. The Labute approximate surface area is 199 Å². The lowest BCUT2D eigenvalue weighted by molar-refractivity contribution is 0.0717. The number of nitrogens with zero attached hydrogens (tertiary/aromatic N) is 2. The van der Waals surface area contributed by atoms with Crippen molar-refractivity contribution in [1.29, 1.82) is 0 Å². The molecule has 1 aliphatic rings. The van der Waals surface area contributed by atoms with E-state index in [1.807, 2.05) is 77.7 Å². The smallest absolute Gasteiger partial charge is 0.289 e. The summed E-state index contributed by atoms with van der Waals surface area (Å²) in [5.74, 6) is 0.152. The van der Waals surface area contributed by atoms with Crippen molar-refractivity contribution in [3.05, 3.63) is 94.7 Å². The van der Waals surface area contributed by atoms with Gasteiger partial charge in [0.25, 0.3) is 11.8 Å². The van der Waals surface area contributed by atoms with Gasteiger partial charge in [0.2, 0.25) is 0 Å². The highest BCUT2D eigenvalue weighted by Gasteiger charge is 2.24. The van der Waals surface area contributed by atoms with E-state index in [1.165, 1.54) is 0 Å². The van der Waals surface area contributed by atoms with Gasteiger partial charge in [-0.1, -0.05) is 30.3 Å². The van der Waals surface area contributed by atoms with Crippen LogP contribution in [0.3, 0.4) is 0 Å². The number of fused-ring (bicyclic) bond motifs is 1. The highest BCUT2D eigenvalue weighted by atomic mass is 79.9. The topological polar surface area (TPSA) is 65.8 Å². The Morgan fingerprint density at radius 2 is 1.55 bits per heavy atom. The van der Waals surface area contributed by atoms with Gasteiger partial charge in [0, 0.05) is 47.4 Å². The number of piperazine rings is 1. The highest BCUT2D eigenvalue weighted by Crippen LogP contribution is 2.24. The fourth-order valence-corrected chi connectivity index (χ4v) is 4.48. The van der Waals surface area contributed by atoms with Crippen molar-refractivity contribution in [2.75, 3.05) is 36.4 Å². The van der Waals surface area contributed by atoms with E-state index in [0.717, 1.165) is 39.9 Å². The van der Waals surface area contributed by atoms with Crippen LogP contribution in [0.1, 0.15) is 20.9 Å². The Bertz CT molecular complexity index is 1270. The van der Waals surface area contributed by atoms with Gasteiger partial charge in [0.15, 0.2) is 5.76 Å². The standard InChI is InChI=1S/C26H22BrN3O3/c27-22-7-3-2-6-21(22)25(31)28-19-9-11-20(12-10-19)29-13-15-30(16-14-29)26(32)24-17-18-5-1-4-8-23(18)33-24/h1-12,17H,13-16H2,(H,28,31). The van der Waals surface area contributed by atoms with Gasteiger partial charge in [0.1, 0.15) is 5.58 Å². The van der Waals surface area contributed by atoms with Crippen LogP contribution >= 0.6 is 15.9 Å². The number of hydrogen-bond acceptors (Lipinski definition) is 4. The number of amides is 2. The monoisotopic (exact) mass is 503 g/mol. The van der Waals surface area contributed by atoms with E-state index in [1.54, 1.807) is 6.07 Å². The summed E-state index contributed by atoms with van der Waals surface area (Å²) in [5, 5.41) is 3.87. The molecule has 3 aromatic carbocycles. The first-order valence-electron chi connectivity index (χ1n) is 10.8. The fourth-order valence-electron chi connectivity index (χ4n) is 4.01. The molecule has 0 radical (unpaired) electrons. The van der Waals surface area contributed by atoms with Crippen molar-refractivity contribution in [2.45, 2.75) is 0 Å². The third kappa shape index (κ3) is 4.50. The number of furan rings is 1. The molecule has 1 aliphatic heterocycles. The summed E-state index contributed by atoms with van der Waals surface area (Å²) in [7, 11) is 0. The molecule has 1 N–H and O–H groups in total. The maximum atomic E-state index is 12.9. The summed E-state index contributed by atoms with van der Waals surface area (Å²) in [6.07, 6.45) is 0. The number of rotatable bonds is 4. The number of anilines is 2. The highest BCUT2D eigenvalue weighted by molar-refractivity contribution is 9.10. The first kappa shape index (κ1) is 21.3. The molecule has 0 bridgehead atoms. The molecule has 1 fully saturated rings. The van der Waals surface area contributed by atoms with Crippen LogP contribution in [0.5, 0.6) is 0 Å². The maximum Gasteiger partial charge on any atom is 0.289 e. The van der Waals surface area contributed by atoms with Gasteiger partial charge >= 0.3 is 0 Å². The lowest BCUT2D eigenvalue weighted by Crippen LogP contribution is -2.48. The number of carbonyl (C=O) groups excluding carboxylic acids is 2. The normalized spacial score (nSPS) is 13.8. The summed E-state index contributed by atoms with van der Waals surface area (Å²) >= 11 is 3.41. The molecule has 5 rings (SSSR count). The number of benzene rings is 3. The average molecular weight is 504 g/mol. The maximum absolute atomic E-state index is 12.9. The van der Waals surface area contributed by atoms with Crippen LogP contribution in [0.2, 0.25) is 0 Å². The molecule has 166 valence electrons. The second-order valence-corrected chi connectivity index (χ2v) is 8.76. The number of hydrogen-bond donors (Lipinski definition) is 1. The van der Waals surface area contributed by atoms with E-state index in [4.69, 9.17) is 4.42 Å². The minimum atomic E-state index is -0.159. The molecule has 6 nitrogen and oxygen atoms in total. The van der Waals surface area contributed by atoms with Gasteiger partial charge in [-0.25, -0.2) is 0 Å². The molecule has 1 aromatic heterocycles. The van der Waals surface area contributed by atoms with Crippen molar-refractivity contribution in [3.63, 3.8) is 0 Å². The summed E-state index contributed by atoms with van der Waals surface area (Å²) in [6.45, 7) is 2.70. The predicted octanol–water partition coefficient (Wildman–Crippen LogP) is 5.41. The van der Waals surface area contributed by atoms with Crippen LogP contribution in [-0.2, 0) is 0 Å². The molecule has 0 aliphatic carbocycles. The summed E-state index contributed by atoms with van der Waals surface area (Å²) in [4.78, 5) is 29.4. The van der Waals surface area contributed by atoms with Crippen molar-refractivity contribution in [1.82, 2.24) is 4.90 Å². The van der Waals surface area contributed by atoms with E-state index in [9.17, 15) is 9.59 Å². The molecule has 7 heteroatoms. The van der Waals surface area contributed by atoms with E-state index < -0.39 is 0 Å². The molecule has 33 heavy (non-hydrogen) atoms. The molecule has 2 heterocycles. The van der Waals surface area contributed by atoms with Crippen LogP contribution in [0.25, 0.3) is 11.0 Å². The Morgan fingerprint density at radius 1 is 0.848 bits per heavy atom. The zero-order chi connectivity index (χ0) is 22.8. The molecule has 0 atom stereocenters. The molecular formula is C26H22BrN3O3. The zero-order valence-corrected chi connectivity index (χ0v) is 19.4. The minimum absolute atomic E-state index is 0.0732. The van der Waals surface area contributed by atoms with Crippen LogP contribution in [-0.4, -0.2) is 42.9 Å². The van der Waals surface area contributed by atoms with Crippen LogP contribution in [0, 0.1) is 0 Å². The Hall–Kier alpha value is -3.58. The lowest BCUT2D eigenvalue weighted by Gasteiger charge is -2.35. The quantitative estimate of drug-likeness (QED) is 0.404. The van der Waals surface area contributed by atoms with Crippen molar-refractivity contribution < 1.29 is 14.0 Å². The van der Waals surface area contributed by atoms with Gasteiger partial charge < -0.3 is 19.5 Å². The summed E-state index contributed by atoms with van der Waals surface area (Å²) in [6, 6.07) is 24.6. The van der Waals surface area contributed by atoms with E-state index in [-0.39, 0.29) is 11.8 Å². The molecular weight excluding hydrogens is 482 g/mol. The van der Waals surface area contributed by atoms with Crippen LogP contribution in [0.15, 0.2) is 87.8 Å². The minimum Gasteiger partial charge on any atom is -0.451 e. The largest absolute Gasteiger partial charge is 0.451 e. The van der Waals surface area contributed by atoms with Crippen LogP contribution in [0.4, 0.5) is 11.4 Å². The molecule has 4 aromatic rings. The third-order valence-corrected chi connectivity index (χ3v) is 6.50. The summed E-state index contributed by atoms with van der Waals surface area (Å²) in [5.41, 5.74) is 3.11. The second-order valence-electron chi connectivity index (χ2n) is 7.91. The number of carbonyl (C=O) groups is 2. The van der Waals surface area contributed by atoms with Crippen LogP contribution < -0.4 is 10.2 Å². The van der Waals surface area contributed by atoms with E-state index >= 15 is 0 Å². The van der Waals surface area contributed by atoms with E-state index in [2.05, 4.69) is 26.1 Å². The van der Waals surface area contributed by atoms with Gasteiger partial charge in [-0.2, -0.15) is 0 Å². The molecule has 0 unspecified atom stereocenters. The Morgan fingerprint density at radius 3 is 2.27 bits per heavy atom. The molecule has 0 saturated carbocycles. The van der Waals surface area contributed by atoms with Crippen molar-refractivity contribution >= 4 is 50.1 Å². The zero-order valence-electron chi connectivity index (χ0n) is 17.8. The fraction of sp³-hybridized carbons (Fsp3) is 0.154. The van der Waals surface area contributed by atoms with Crippen molar-refractivity contribution in [3.8, 4) is 0 Å². The first-order valence-corrected chi connectivity index (χ1v) is 11.6. The molecule has 0 spiro atoms. The second kappa shape index (κ2) is 9.11. The van der Waals surface area contributed by atoms with E-state index in [0.29, 0.717) is 24.4 Å². The number of nitrogens with one attached hydrogen (secondary N) is 1. The average Bonchev–Trinajstić information content (AvgIpc) is 3.29. The lowest BCUT2D eigenvalue weighted by atomic mass is 10.2. The van der Waals surface area contributed by atoms with Gasteiger partial charge in [-0.3, -0.25) is 9.59 Å². The summed E-state index contributed by atoms with van der Waals surface area (Å²) < 4.78 is 6.49. The van der Waals surface area contributed by atoms with Crippen molar-refractivity contribution in [2.24, 2.45) is 0 Å². The third-order valence-electron chi connectivity index (χ3n) is 5.81. The first-order chi connectivity index (χ1) is 16.1. The SMILES string of the molecule is O=C(Nc1ccc(N2CCN(C(=O)c3cc4ccccc4o3)CC2)cc1)c1ccccc1Br. The predicted molar refractivity (Wildman–Crippen MR) is 133 cm³/mol. The Balaban J connectivity index is 1.19. The number of para-hydroxylation sites is 1. The van der Waals surface area contributed by atoms with Gasteiger partial charge in [-0.15, -0.1) is 0 Å². The Kier molecular flexibility index (Phi) is 5.88. The van der Waals surface area contributed by atoms with Gasteiger partial charge in [-0.05, 0) is 64.5 Å². The van der Waals surface area contributed by atoms with Gasteiger partial charge in [0.05, 0.1) is 5.56 Å². The molecule has 2 amide bonds.